The molecular formula is C12H17N3O2. The lowest BCUT2D eigenvalue weighted by Crippen LogP contribution is -2.45. The van der Waals surface area contributed by atoms with E-state index in [-0.39, 0.29) is 12.0 Å². The third kappa shape index (κ3) is 2.79. The molecule has 2 heterocycles. The minimum atomic E-state index is -0.0562. The van der Waals surface area contributed by atoms with Crippen molar-refractivity contribution in [3.05, 3.63) is 23.8 Å². The van der Waals surface area contributed by atoms with E-state index in [2.05, 4.69) is 16.9 Å². The SMILES string of the molecule is CC[C@H]1CN(C(=O)c2cnc(C)cn2)CCO1. The Labute approximate surface area is 101 Å². The molecule has 0 aliphatic carbocycles. The lowest BCUT2D eigenvalue weighted by molar-refractivity contribution is -0.0228. The van der Waals surface area contributed by atoms with Gasteiger partial charge in [-0.15, -0.1) is 0 Å². The van der Waals surface area contributed by atoms with Gasteiger partial charge in [0.05, 0.1) is 24.6 Å². The molecule has 1 amide bonds. The molecule has 0 radical (unpaired) electrons. The fourth-order valence-electron chi connectivity index (χ4n) is 1.82. The number of amides is 1. The summed E-state index contributed by atoms with van der Waals surface area (Å²) in [6.07, 6.45) is 4.22. The van der Waals surface area contributed by atoms with E-state index in [4.69, 9.17) is 4.74 Å². The Morgan fingerprint density at radius 1 is 1.53 bits per heavy atom. The first-order valence-corrected chi connectivity index (χ1v) is 5.90. The van der Waals surface area contributed by atoms with Crippen molar-refractivity contribution in [1.82, 2.24) is 14.9 Å². The zero-order valence-electron chi connectivity index (χ0n) is 10.2. The van der Waals surface area contributed by atoms with Gasteiger partial charge < -0.3 is 9.64 Å². The van der Waals surface area contributed by atoms with Crippen LogP contribution in [0.3, 0.4) is 0 Å². The van der Waals surface area contributed by atoms with Crippen LogP contribution in [-0.2, 0) is 4.74 Å². The molecule has 92 valence electrons. The summed E-state index contributed by atoms with van der Waals surface area (Å²) in [7, 11) is 0. The van der Waals surface area contributed by atoms with Gasteiger partial charge in [0.1, 0.15) is 5.69 Å². The average Bonchev–Trinajstić information content (AvgIpc) is 2.39. The van der Waals surface area contributed by atoms with Gasteiger partial charge in [0, 0.05) is 19.3 Å². The largest absolute Gasteiger partial charge is 0.375 e. The van der Waals surface area contributed by atoms with E-state index in [0.717, 1.165) is 12.1 Å². The Balaban J connectivity index is 2.06. The van der Waals surface area contributed by atoms with Crippen molar-refractivity contribution in [3.8, 4) is 0 Å². The van der Waals surface area contributed by atoms with E-state index < -0.39 is 0 Å². The summed E-state index contributed by atoms with van der Waals surface area (Å²) in [5.41, 5.74) is 1.22. The Bertz CT molecular complexity index is 391. The van der Waals surface area contributed by atoms with Crippen molar-refractivity contribution in [3.63, 3.8) is 0 Å². The van der Waals surface area contributed by atoms with Gasteiger partial charge in [-0.1, -0.05) is 6.92 Å². The summed E-state index contributed by atoms with van der Waals surface area (Å²) >= 11 is 0. The molecule has 0 aromatic carbocycles. The number of hydrogen-bond donors (Lipinski definition) is 0. The molecule has 0 bridgehead atoms. The van der Waals surface area contributed by atoms with E-state index in [1.807, 2.05) is 6.92 Å². The number of aromatic nitrogens is 2. The second-order valence-electron chi connectivity index (χ2n) is 4.20. The number of rotatable bonds is 2. The highest BCUT2D eigenvalue weighted by molar-refractivity contribution is 5.92. The first-order chi connectivity index (χ1) is 8.20. The minimum absolute atomic E-state index is 0.0562. The summed E-state index contributed by atoms with van der Waals surface area (Å²) in [5, 5.41) is 0. The van der Waals surface area contributed by atoms with Gasteiger partial charge in [-0.25, -0.2) is 4.98 Å². The zero-order chi connectivity index (χ0) is 12.3. The van der Waals surface area contributed by atoms with Crippen molar-refractivity contribution in [2.45, 2.75) is 26.4 Å². The maximum absolute atomic E-state index is 12.1. The summed E-state index contributed by atoms with van der Waals surface area (Å²) < 4.78 is 5.53. The number of hydrogen-bond acceptors (Lipinski definition) is 4. The van der Waals surface area contributed by atoms with Crippen molar-refractivity contribution >= 4 is 5.91 Å². The molecule has 1 aromatic heterocycles. The molecule has 5 nitrogen and oxygen atoms in total. The predicted octanol–water partition coefficient (Wildman–Crippen LogP) is 1.04. The van der Waals surface area contributed by atoms with Gasteiger partial charge in [0.15, 0.2) is 0 Å². The summed E-state index contributed by atoms with van der Waals surface area (Å²) in [5.74, 6) is -0.0562. The zero-order valence-corrected chi connectivity index (χ0v) is 10.2. The fourth-order valence-corrected chi connectivity index (χ4v) is 1.82. The van der Waals surface area contributed by atoms with Gasteiger partial charge in [-0.2, -0.15) is 0 Å². The lowest BCUT2D eigenvalue weighted by Gasteiger charge is -2.32. The minimum Gasteiger partial charge on any atom is -0.375 e. The van der Waals surface area contributed by atoms with Crippen LogP contribution in [0.2, 0.25) is 0 Å². The Kier molecular flexibility index (Phi) is 3.68. The molecule has 1 aliphatic rings. The van der Waals surface area contributed by atoms with E-state index >= 15 is 0 Å². The van der Waals surface area contributed by atoms with E-state index in [1.165, 1.54) is 6.20 Å². The number of carbonyl (C=O) groups excluding carboxylic acids is 1. The fraction of sp³-hybridized carbons (Fsp3) is 0.583. The van der Waals surface area contributed by atoms with Crippen molar-refractivity contribution in [2.75, 3.05) is 19.7 Å². The van der Waals surface area contributed by atoms with Gasteiger partial charge >= 0.3 is 0 Å². The lowest BCUT2D eigenvalue weighted by atomic mass is 10.2. The second kappa shape index (κ2) is 5.23. The molecule has 5 heteroatoms. The van der Waals surface area contributed by atoms with E-state index in [0.29, 0.717) is 25.4 Å². The Morgan fingerprint density at radius 2 is 2.35 bits per heavy atom. The van der Waals surface area contributed by atoms with Crippen LogP contribution < -0.4 is 0 Å². The third-order valence-electron chi connectivity index (χ3n) is 2.88. The molecule has 1 aliphatic heterocycles. The van der Waals surface area contributed by atoms with Crippen LogP contribution in [0, 0.1) is 6.92 Å². The monoisotopic (exact) mass is 235 g/mol. The molecule has 0 spiro atoms. The maximum Gasteiger partial charge on any atom is 0.274 e. The smallest absolute Gasteiger partial charge is 0.274 e. The molecule has 0 saturated carbocycles. The average molecular weight is 235 g/mol. The molecule has 1 fully saturated rings. The number of aryl methyl sites for hydroxylation is 1. The highest BCUT2D eigenvalue weighted by Crippen LogP contribution is 2.11. The number of morpholine rings is 1. The Morgan fingerprint density at radius 3 is 3.00 bits per heavy atom. The van der Waals surface area contributed by atoms with Crippen molar-refractivity contribution in [2.24, 2.45) is 0 Å². The van der Waals surface area contributed by atoms with Gasteiger partial charge in [-0.3, -0.25) is 9.78 Å². The number of carbonyl (C=O) groups is 1. The van der Waals surface area contributed by atoms with Crippen LogP contribution in [-0.4, -0.2) is 46.6 Å². The van der Waals surface area contributed by atoms with Crippen LogP contribution in [0.4, 0.5) is 0 Å². The first kappa shape index (κ1) is 12.0. The highest BCUT2D eigenvalue weighted by atomic mass is 16.5. The maximum atomic E-state index is 12.1. The standard InChI is InChI=1S/C12H17N3O2/c1-3-10-8-15(4-5-17-10)12(16)11-7-13-9(2)6-14-11/h6-7,10H,3-5,8H2,1-2H3/t10-/m0/s1. The molecule has 1 atom stereocenters. The Hall–Kier alpha value is -1.49. The van der Waals surface area contributed by atoms with Gasteiger partial charge in [0.25, 0.3) is 5.91 Å². The van der Waals surface area contributed by atoms with Crippen LogP contribution >= 0.6 is 0 Å². The van der Waals surface area contributed by atoms with E-state index in [9.17, 15) is 4.79 Å². The number of nitrogens with zero attached hydrogens (tertiary/aromatic N) is 3. The second-order valence-corrected chi connectivity index (χ2v) is 4.20. The third-order valence-corrected chi connectivity index (χ3v) is 2.88. The summed E-state index contributed by atoms with van der Waals surface area (Å²) in [6.45, 7) is 5.78. The first-order valence-electron chi connectivity index (χ1n) is 5.90. The quantitative estimate of drug-likeness (QED) is 0.768. The van der Waals surface area contributed by atoms with Crippen LogP contribution in [0.5, 0.6) is 0 Å². The molecule has 0 N–H and O–H groups in total. The normalized spacial score (nSPS) is 20.4. The molecule has 0 unspecified atom stereocenters. The molecule has 2 rings (SSSR count). The highest BCUT2D eigenvalue weighted by Gasteiger charge is 2.24. The molecular weight excluding hydrogens is 218 g/mol. The topological polar surface area (TPSA) is 55.3 Å². The van der Waals surface area contributed by atoms with Gasteiger partial charge in [-0.05, 0) is 13.3 Å². The van der Waals surface area contributed by atoms with Crippen molar-refractivity contribution in [1.29, 1.82) is 0 Å². The molecule has 1 aromatic rings. The summed E-state index contributed by atoms with van der Waals surface area (Å²) in [4.78, 5) is 22.1. The van der Waals surface area contributed by atoms with Crippen LogP contribution in [0.25, 0.3) is 0 Å². The van der Waals surface area contributed by atoms with E-state index in [1.54, 1.807) is 11.1 Å². The van der Waals surface area contributed by atoms with Crippen molar-refractivity contribution < 1.29 is 9.53 Å². The molecule has 17 heavy (non-hydrogen) atoms. The van der Waals surface area contributed by atoms with Crippen LogP contribution in [0.15, 0.2) is 12.4 Å². The van der Waals surface area contributed by atoms with Gasteiger partial charge in [0.2, 0.25) is 0 Å². The summed E-state index contributed by atoms with van der Waals surface area (Å²) in [6, 6.07) is 0. The molecule has 1 saturated heterocycles. The predicted molar refractivity (Wildman–Crippen MR) is 62.7 cm³/mol. The number of ether oxygens (including phenoxy) is 1. The van der Waals surface area contributed by atoms with Crippen LogP contribution in [0.1, 0.15) is 29.5 Å².